The smallest absolute Gasteiger partial charge is 0.356 e. The maximum atomic E-state index is 11.2. The highest BCUT2D eigenvalue weighted by Crippen LogP contribution is 2.26. The second kappa shape index (κ2) is 4.49. The molecule has 1 aromatic rings. The van der Waals surface area contributed by atoms with E-state index in [2.05, 4.69) is 4.98 Å². The number of aromatic nitrogens is 2. The van der Waals surface area contributed by atoms with Crippen LogP contribution in [0.1, 0.15) is 54.7 Å². The molecule has 2 rings (SSSR count). The number of carboxylic acids is 1. The SMILES string of the molecule is CC(C)C(N)c1nc(C(=O)O)c2n1CCCC2. The Labute approximate surface area is 101 Å². The quantitative estimate of drug-likeness (QED) is 0.836. The Morgan fingerprint density at radius 2 is 2.18 bits per heavy atom. The fourth-order valence-electron chi connectivity index (χ4n) is 2.29. The number of fused-ring (bicyclic) bond motifs is 1. The summed E-state index contributed by atoms with van der Waals surface area (Å²) in [6.07, 6.45) is 2.89. The number of carbonyl (C=O) groups is 1. The van der Waals surface area contributed by atoms with Crippen LogP contribution in [-0.2, 0) is 13.0 Å². The zero-order valence-electron chi connectivity index (χ0n) is 10.3. The van der Waals surface area contributed by atoms with Crippen LogP contribution in [0.15, 0.2) is 0 Å². The Kier molecular flexibility index (Phi) is 3.19. The molecule has 0 saturated heterocycles. The normalized spacial score (nSPS) is 16.9. The van der Waals surface area contributed by atoms with Crippen molar-refractivity contribution in [3.05, 3.63) is 17.2 Å². The van der Waals surface area contributed by atoms with Gasteiger partial charge in [0.2, 0.25) is 0 Å². The van der Waals surface area contributed by atoms with Crippen molar-refractivity contribution in [2.24, 2.45) is 11.7 Å². The molecule has 5 heteroatoms. The van der Waals surface area contributed by atoms with Crippen LogP contribution in [0, 0.1) is 5.92 Å². The molecule has 0 saturated carbocycles. The van der Waals surface area contributed by atoms with Gasteiger partial charge in [0.1, 0.15) is 5.82 Å². The van der Waals surface area contributed by atoms with Gasteiger partial charge in [-0.2, -0.15) is 0 Å². The minimum Gasteiger partial charge on any atom is -0.476 e. The summed E-state index contributed by atoms with van der Waals surface area (Å²) in [5.74, 6) is 0.0371. The van der Waals surface area contributed by atoms with Gasteiger partial charge < -0.3 is 15.4 Å². The van der Waals surface area contributed by atoms with E-state index in [9.17, 15) is 4.79 Å². The number of nitrogens with zero attached hydrogens (tertiary/aromatic N) is 2. The molecule has 1 aliphatic rings. The van der Waals surface area contributed by atoms with Gasteiger partial charge in [-0.3, -0.25) is 0 Å². The zero-order chi connectivity index (χ0) is 12.6. The Balaban J connectivity index is 2.49. The third-order valence-electron chi connectivity index (χ3n) is 3.37. The summed E-state index contributed by atoms with van der Waals surface area (Å²) in [6.45, 7) is 4.89. The minimum atomic E-state index is -0.946. The molecule has 17 heavy (non-hydrogen) atoms. The summed E-state index contributed by atoms with van der Waals surface area (Å²) in [4.78, 5) is 15.4. The van der Waals surface area contributed by atoms with E-state index in [0.29, 0.717) is 0 Å². The molecule has 1 aliphatic heterocycles. The van der Waals surface area contributed by atoms with E-state index >= 15 is 0 Å². The van der Waals surface area contributed by atoms with Gasteiger partial charge in [-0.25, -0.2) is 9.78 Å². The number of nitrogens with two attached hydrogens (primary N) is 1. The van der Waals surface area contributed by atoms with Crippen molar-refractivity contribution in [2.45, 2.75) is 45.7 Å². The summed E-state index contributed by atoms with van der Waals surface area (Å²) in [6, 6.07) is -0.194. The molecule has 1 aromatic heterocycles. The van der Waals surface area contributed by atoms with Gasteiger partial charge in [-0.15, -0.1) is 0 Å². The number of hydrogen-bond acceptors (Lipinski definition) is 3. The monoisotopic (exact) mass is 237 g/mol. The van der Waals surface area contributed by atoms with Crippen molar-refractivity contribution in [1.82, 2.24) is 9.55 Å². The average molecular weight is 237 g/mol. The van der Waals surface area contributed by atoms with Gasteiger partial charge in [0.15, 0.2) is 5.69 Å². The molecule has 1 atom stereocenters. The van der Waals surface area contributed by atoms with Crippen molar-refractivity contribution in [3.8, 4) is 0 Å². The van der Waals surface area contributed by atoms with Crippen LogP contribution in [0.2, 0.25) is 0 Å². The molecular weight excluding hydrogens is 218 g/mol. The summed E-state index contributed by atoms with van der Waals surface area (Å²) in [5, 5.41) is 9.16. The third kappa shape index (κ3) is 2.07. The average Bonchev–Trinajstić information content (AvgIpc) is 2.67. The first kappa shape index (κ1) is 12.1. The van der Waals surface area contributed by atoms with E-state index in [1.54, 1.807) is 0 Å². The Morgan fingerprint density at radius 1 is 1.47 bits per heavy atom. The number of imidazole rings is 1. The molecule has 0 bridgehead atoms. The lowest BCUT2D eigenvalue weighted by atomic mass is 10.0. The van der Waals surface area contributed by atoms with E-state index in [-0.39, 0.29) is 17.7 Å². The number of hydrogen-bond donors (Lipinski definition) is 2. The predicted octanol–water partition coefficient (Wildman–Crippen LogP) is 1.57. The first-order valence-corrected chi connectivity index (χ1v) is 6.10. The largest absolute Gasteiger partial charge is 0.476 e. The Morgan fingerprint density at radius 3 is 2.76 bits per heavy atom. The number of carboxylic acid groups (broad SMARTS) is 1. The van der Waals surface area contributed by atoms with Gasteiger partial charge in [0, 0.05) is 6.54 Å². The molecule has 3 N–H and O–H groups in total. The third-order valence-corrected chi connectivity index (χ3v) is 3.37. The highest BCUT2D eigenvalue weighted by molar-refractivity contribution is 5.87. The lowest BCUT2D eigenvalue weighted by Crippen LogP contribution is -2.23. The summed E-state index contributed by atoms with van der Waals surface area (Å²) in [7, 11) is 0. The molecule has 0 aromatic carbocycles. The molecule has 0 spiro atoms. The van der Waals surface area contributed by atoms with Crippen LogP contribution in [0.3, 0.4) is 0 Å². The van der Waals surface area contributed by atoms with E-state index < -0.39 is 5.97 Å². The van der Waals surface area contributed by atoms with Gasteiger partial charge in [0.05, 0.1) is 11.7 Å². The lowest BCUT2D eigenvalue weighted by molar-refractivity contribution is 0.0689. The Hall–Kier alpha value is -1.36. The van der Waals surface area contributed by atoms with E-state index in [0.717, 1.165) is 37.3 Å². The molecule has 1 unspecified atom stereocenters. The molecular formula is C12H19N3O2. The summed E-state index contributed by atoms with van der Waals surface area (Å²) in [5.41, 5.74) is 7.13. The van der Waals surface area contributed by atoms with Crippen LogP contribution < -0.4 is 5.73 Å². The van der Waals surface area contributed by atoms with Crippen molar-refractivity contribution in [2.75, 3.05) is 0 Å². The van der Waals surface area contributed by atoms with Crippen molar-refractivity contribution in [3.63, 3.8) is 0 Å². The molecule has 0 amide bonds. The first-order valence-electron chi connectivity index (χ1n) is 6.10. The van der Waals surface area contributed by atoms with Crippen LogP contribution in [-0.4, -0.2) is 20.6 Å². The van der Waals surface area contributed by atoms with Crippen LogP contribution >= 0.6 is 0 Å². The molecule has 0 radical (unpaired) electrons. The molecule has 2 heterocycles. The van der Waals surface area contributed by atoms with Gasteiger partial charge >= 0.3 is 5.97 Å². The standard InChI is InChI=1S/C12H19N3O2/c1-7(2)9(13)11-14-10(12(16)17)8-5-3-4-6-15(8)11/h7,9H,3-6,13H2,1-2H3,(H,16,17). The highest BCUT2D eigenvalue weighted by atomic mass is 16.4. The Bertz CT molecular complexity index is 437. The van der Waals surface area contributed by atoms with Crippen molar-refractivity contribution in [1.29, 1.82) is 0 Å². The number of rotatable bonds is 3. The fraction of sp³-hybridized carbons (Fsp3) is 0.667. The van der Waals surface area contributed by atoms with Crippen LogP contribution in [0.25, 0.3) is 0 Å². The number of aromatic carboxylic acids is 1. The summed E-state index contributed by atoms with van der Waals surface area (Å²) >= 11 is 0. The maximum Gasteiger partial charge on any atom is 0.356 e. The topological polar surface area (TPSA) is 81.1 Å². The van der Waals surface area contributed by atoms with Crippen molar-refractivity contribution < 1.29 is 9.90 Å². The van der Waals surface area contributed by atoms with Gasteiger partial charge in [0.25, 0.3) is 0 Å². The fourth-order valence-corrected chi connectivity index (χ4v) is 2.29. The van der Waals surface area contributed by atoms with E-state index in [1.165, 1.54) is 0 Å². The predicted molar refractivity (Wildman–Crippen MR) is 63.9 cm³/mol. The summed E-state index contributed by atoms with van der Waals surface area (Å²) < 4.78 is 2.01. The highest BCUT2D eigenvalue weighted by Gasteiger charge is 2.27. The van der Waals surface area contributed by atoms with E-state index in [4.69, 9.17) is 10.8 Å². The first-order chi connectivity index (χ1) is 8.02. The zero-order valence-corrected chi connectivity index (χ0v) is 10.3. The molecule has 94 valence electrons. The lowest BCUT2D eigenvalue weighted by Gasteiger charge is -2.21. The minimum absolute atomic E-state index is 0.191. The van der Waals surface area contributed by atoms with Crippen molar-refractivity contribution >= 4 is 5.97 Å². The van der Waals surface area contributed by atoms with Gasteiger partial charge in [-0.05, 0) is 25.2 Å². The maximum absolute atomic E-state index is 11.2. The van der Waals surface area contributed by atoms with E-state index in [1.807, 2.05) is 18.4 Å². The molecule has 5 nitrogen and oxygen atoms in total. The molecule has 0 aliphatic carbocycles. The molecule has 0 fully saturated rings. The van der Waals surface area contributed by atoms with Crippen LogP contribution in [0.4, 0.5) is 0 Å². The second-order valence-corrected chi connectivity index (χ2v) is 4.95. The van der Waals surface area contributed by atoms with Crippen LogP contribution in [0.5, 0.6) is 0 Å². The van der Waals surface area contributed by atoms with Gasteiger partial charge in [-0.1, -0.05) is 13.8 Å². The second-order valence-electron chi connectivity index (χ2n) is 4.95.